The SMILES string of the molecule is CSc1nnc(NC(=O)CN(c2ccc(Cl)c(Cl)c2)S(C)(=O)=O)s1. The number of anilines is 2. The van der Waals surface area contributed by atoms with Crippen molar-refractivity contribution in [3.8, 4) is 0 Å². The van der Waals surface area contributed by atoms with E-state index in [0.717, 1.165) is 10.6 Å². The van der Waals surface area contributed by atoms with Gasteiger partial charge < -0.3 is 0 Å². The Morgan fingerprint density at radius 3 is 2.58 bits per heavy atom. The molecule has 0 saturated carbocycles. The minimum atomic E-state index is -3.70. The van der Waals surface area contributed by atoms with Crippen LogP contribution in [0.2, 0.25) is 10.0 Å². The van der Waals surface area contributed by atoms with Gasteiger partial charge in [0.05, 0.1) is 22.0 Å². The Hall–Kier alpha value is -1.07. The van der Waals surface area contributed by atoms with Crippen LogP contribution in [0.5, 0.6) is 0 Å². The highest BCUT2D eigenvalue weighted by Gasteiger charge is 2.22. The van der Waals surface area contributed by atoms with Crippen LogP contribution in [-0.2, 0) is 14.8 Å². The van der Waals surface area contributed by atoms with Gasteiger partial charge in [-0.3, -0.25) is 14.4 Å². The summed E-state index contributed by atoms with van der Waals surface area (Å²) in [4.78, 5) is 12.1. The molecule has 1 aromatic heterocycles. The number of nitrogens with one attached hydrogen (secondary N) is 1. The smallest absolute Gasteiger partial charge is 0.246 e. The number of hydrogen-bond acceptors (Lipinski definition) is 7. The molecule has 1 amide bonds. The molecule has 0 spiro atoms. The average Bonchev–Trinajstić information content (AvgIpc) is 2.94. The van der Waals surface area contributed by atoms with Crippen LogP contribution in [0.3, 0.4) is 0 Å². The third-order valence-corrected chi connectivity index (χ3v) is 6.40. The van der Waals surface area contributed by atoms with Gasteiger partial charge in [-0.25, -0.2) is 8.42 Å². The van der Waals surface area contributed by atoms with Crippen LogP contribution in [0.15, 0.2) is 22.5 Å². The molecule has 2 aromatic rings. The molecule has 0 bridgehead atoms. The van der Waals surface area contributed by atoms with Gasteiger partial charge in [-0.05, 0) is 24.5 Å². The van der Waals surface area contributed by atoms with E-state index in [9.17, 15) is 13.2 Å². The lowest BCUT2D eigenvalue weighted by Crippen LogP contribution is -2.37. The lowest BCUT2D eigenvalue weighted by Gasteiger charge is -2.21. The van der Waals surface area contributed by atoms with Crippen molar-refractivity contribution in [2.24, 2.45) is 0 Å². The van der Waals surface area contributed by atoms with Crippen molar-refractivity contribution < 1.29 is 13.2 Å². The summed E-state index contributed by atoms with van der Waals surface area (Å²) < 4.78 is 25.6. The molecule has 0 atom stereocenters. The Morgan fingerprint density at radius 1 is 1.33 bits per heavy atom. The molecule has 1 aromatic carbocycles. The molecule has 7 nitrogen and oxygen atoms in total. The predicted molar refractivity (Wildman–Crippen MR) is 99.0 cm³/mol. The second-order valence-electron chi connectivity index (χ2n) is 4.49. The van der Waals surface area contributed by atoms with Crippen LogP contribution in [0.25, 0.3) is 0 Å². The van der Waals surface area contributed by atoms with Gasteiger partial charge in [0.2, 0.25) is 21.1 Å². The first kappa shape index (κ1) is 19.3. The van der Waals surface area contributed by atoms with Crippen molar-refractivity contribution in [1.82, 2.24) is 10.2 Å². The maximum atomic E-state index is 12.1. The summed E-state index contributed by atoms with van der Waals surface area (Å²) in [6.45, 7) is -0.426. The molecular weight excluding hydrogens is 415 g/mol. The highest BCUT2D eigenvalue weighted by atomic mass is 35.5. The third kappa shape index (κ3) is 4.96. The lowest BCUT2D eigenvalue weighted by atomic mass is 10.3. The van der Waals surface area contributed by atoms with Crippen molar-refractivity contribution in [3.05, 3.63) is 28.2 Å². The Labute approximate surface area is 157 Å². The molecule has 0 unspecified atom stereocenters. The van der Waals surface area contributed by atoms with Gasteiger partial charge in [0.25, 0.3) is 0 Å². The van der Waals surface area contributed by atoms with Crippen molar-refractivity contribution in [2.45, 2.75) is 4.34 Å². The maximum absolute atomic E-state index is 12.1. The number of hydrogen-bond donors (Lipinski definition) is 1. The van der Waals surface area contributed by atoms with Crippen LogP contribution in [0.1, 0.15) is 0 Å². The number of rotatable bonds is 6. The molecule has 0 aliphatic rings. The van der Waals surface area contributed by atoms with E-state index in [2.05, 4.69) is 15.5 Å². The first-order valence-electron chi connectivity index (χ1n) is 6.31. The molecular formula is C12H12Cl2N4O3S3. The standard InChI is InChI=1S/C12H12Cl2N4O3S3/c1-22-12-17-16-11(23-12)15-10(19)6-18(24(2,20)21)7-3-4-8(13)9(14)5-7/h3-5H,6H2,1-2H3,(H,15,16,19). The minimum absolute atomic E-state index is 0.192. The zero-order chi connectivity index (χ0) is 17.9. The second kappa shape index (κ2) is 7.87. The van der Waals surface area contributed by atoms with E-state index in [0.29, 0.717) is 9.47 Å². The van der Waals surface area contributed by atoms with Crippen molar-refractivity contribution in [3.63, 3.8) is 0 Å². The summed E-state index contributed by atoms with van der Waals surface area (Å²) in [5.74, 6) is -0.546. The number of halogens is 2. The Balaban J connectivity index is 2.19. The van der Waals surface area contributed by atoms with E-state index in [-0.39, 0.29) is 15.7 Å². The highest BCUT2D eigenvalue weighted by Crippen LogP contribution is 2.28. The molecule has 1 heterocycles. The summed E-state index contributed by atoms with van der Waals surface area (Å²) >= 11 is 14.3. The fourth-order valence-corrected chi connectivity index (χ4v) is 4.00. The molecule has 0 radical (unpaired) electrons. The molecule has 12 heteroatoms. The van der Waals surface area contributed by atoms with Gasteiger partial charge in [-0.1, -0.05) is 46.3 Å². The monoisotopic (exact) mass is 426 g/mol. The molecule has 1 N–H and O–H groups in total. The van der Waals surface area contributed by atoms with Crippen molar-refractivity contribution in [2.75, 3.05) is 28.7 Å². The van der Waals surface area contributed by atoms with Crippen LogP contribution in [0.4, 0.5) is 10.8 Å². The molecule has 24 heavy (non-hydrogen) atoms. The van der Waals surface area contributed by atoms with Crippen molar-refractivity contribution >= 4 is 73.0 Å². The number of thioether (sulfide) groups is 1. The first-order chi connectivity index (χ1) is 11.2. The Kier molecular flexibility index (Phi) is 6.32. The molecule has 0 aliphatic carbocycles. The summed E-state index contributed by atoms with van der Waals surface area (Å²) in [6.07, 6.45) is 2.83. The average molecular weight is 427 g/mol. The van der Waals surface area contributed by atoms with Gasteiger partial charge in [0.15, 0.2) is 4.34 Å². The van der Waals surface area contributed by atoms with Crippen LogP contribution in [0, 0.1) is 0 Å². The molecule has 0 fully saturated rings. The van der Waals surface area contributed by atoms with Gasteiger partial charge in [-0.15, -0.1) is 10.2 Å². The van der Waals surface area contributed by atoms with Gasteiger partial charge in [-0.2, -0.15) is 0 Å². The van der Waals surface area contributed by atoms with Crippen LogP contribution < -0.4 is 9.62 Å². The predicted octanol–water partition coefficient (Wildman–Crippen LogP) is 2.97. The fraction of sp³-hybridized carbons (Fsp3) is 0.250. The highest BCUT2D eigenvalue weighted by molar-refractivity contribution is 8.00. The number of carbonyl (C=O) groups excluding carboxylic acids is 1. The number of aromatic nitrogens is 2. The number of amides is 1. The summed E-state index contributed by atoms with van der Waals surface area (Å²) in [5, 5.41) is 11.0. The number of nitrogens with zero attached hydrogens (tertiary/aromatic N) is 3. The maximum Gasteiger partial charge on any atom is 0.246 e. The Bertz CT molecular complexity index is 857. The molecule has 0 aliphatic heterocycles. The van der Waals surface area contributed by atoms with E-state index in [1.165, 1.54) is 41.3 Å². The van der Waals surface area contributed by atoms with Crippen molar-refractivity contribution in [1.29, 1.82) is 0 Å². The minimum Gasteiger partial charge on any atom is -0.299 e. The zero-order valence-corrected chi connectivity index (χ0v) is 16.4. The number of carbonyl (C=O) groups is 1. The lowest BCUT2D eigenvalue weighted by molar-refractivity contribution is -0.114. The molecule has 2 rings (SSSR count). The van der Waals surface area contributed by atoms with E-state index >= 15 is 0 Å². The number of benzene rings is 1. The topological polar surface area (TPSA) is 92.3 Å². The molecule has 130 valence electrons. The van der Waals surface area contributed by atoms with Gasteiger partial charge >= 0.3 is 0 Å². The first-order valence-corrected chi connectivity index (χ1v) is 11.0. The normalized spacial score (nSPS) is 11.3. The van der Waals surface area contributed by atoms with E-state index in [1.54, 1.807) is 0 Å². The summed E-state index contributed by atoms with van der Waals surface area (Å²) in [6, 6.07) is 4.32. The summed E-state index contributed by atoms with van der Waals surface area (Å²) in [7, 11) is -3.70. The summed E-state index contributed by atoms with van der Waals surface area (Å²) in [5.41, 5.74) is 0.240. The Morgan fingerprint density at radius 2 is 2.04 bits per heavy atom. The van der Waals surface area contributed by atoms with E-state index in [1.807, 2.05) is 6.26 Å². The van der Waals surface area contributed by atoms with E-state index < -0.39 is 22.5 Å². The largest absolute Gasteiger partial charge is 0.299 e. The molecule has 0 saturated heterocycles. The van der Waals surface area contributed by atoms with Gasteiger partial charge in [0.1, 0.15) is 6.54 Å². The number of sulfonamides is 1. The fourth-order valence-electron chi connectivity index (χ4n) is 1.67. The second-order valence-corrected chi connectivity index (χ2v) is 9.25. The zero-order valence-electron chi connectivity index (χ0n) is 12.5. The third-order valence-electron chi connectivity index (χ3n) is 2.71. The van der Waals surface area contributed by atoms with E-state index in [4.69, 9.17) is 23.2 Å². The van der Waals surface area contributed by atoms with Gasteiger partial charge in [0, 0.05) is 0 Å². The quantitative estimate of drug-likeness (QED) is 0.563. The van der Waals surface area contributed by atoms with Crippen LogP contribution in [-0.4, -0.2) is 43.6 Å². The van der Waals surface area contributed by atoms with Crippen LogP contribution >= 0.6 is 46.3 Å².